The number of hydrogen-bond acceptors (Lipinski definition) is 8. The van der Waals surface area contributed by atoms with Crippen molar-refractivity contribution in [3.8, 4) is 5.75 Å². The summed E-state index contributed by atoms with van der Waals surface area (Å²) in [7, 11) is 2.91. The molecule has 10 nitrogen and oxygen atoms in total. The Labute approximate surface area is 204 Å². The van der Waals surface area contributed by atoms with E-state index in [9.17, 15) is 23.1 Å². The lowest BCUT2D eigenvalue weighted by molar-refractivity contribution is -0.138. The Bertz CT molecular complexity index is 1350. The third-order valence-corrected chi connectivity index (χ3v) is 5.78. The molecule has 0 spiro atoms. The van der Waals surface area contributed by atoms with Gasteiger partial charge in [0, 0.05) is 42.0 Å². The van der Waals surface area contributed by atoms with Crippen LogP contribution in [-0.2, 0) is 19.8 Å². The molecule has 4 rings (SSSR count). The van der Waals surface area contributed by atoms with Crippen molar-refractivity contribution in [2.24, 2.45) is 7.05 Å². The number of hydrogen-bond donors (Lipinski definition) is 4. The highest BCUT2D eigenvalue weighted by atomic mass is 19.4. The Morgan fingerprint density at radius 3 is 2.58 bits per heavy atom. The van der Waals surface area contributed by atoms with Crippen molar-refractivity contribution in [2.75, 3.05) is 17.4 Å². The maximum atomic E-state index is 13.5. The van der Waals surface area contributed by atoms with Gasteiger partial charge in [-0.25, -0.2) is 0 Å². The van der Waals surface area contributed by atoms with Gasteiger partial charge in [-0.15, -0.1) is 5.53 Å². The number of nitrogens with zero attached hydrogens (tertiary/aromatic N) is 4. The molecule has 0 saturated heterocycles. The van der Waals surface area contributed by atoms with E-state index in [4.69, 9.17) is 4.74 Å². The molecule has 1 aromatic carbocycles. The highest BCUT2D eigenvalue weighted by Crippen LogP contribution is 2.40. The summed E-state index contributed by atoms with van der Waals surface area (Å²) in [5.41, 5.74) is 8.52. The number of nitrogens with one attached hydrogen (secondary N) is 3. The topological polar surface area (TPSA) is 117 Å². The molecule has 1 aliphatic heterocycles. The number of ether oxygens (including phenoxy) is 1. The van der Waals surface area contributed by atoms with Crippen molar-refractivity contribution in [1.82, 2.24) is 25.7 Å². The second-order valence-corrected chi connectivity index (χ2v) is 8.07. The van der Waals surface area contributed by atoms with Gasteiger partial charge in [-0.3, -0.25) is 19.5 Å². The van der Waals surface area contributed by atoms with Crippen LogP contribution in [-0.4, -0.2) is 32.9 Å². The number of pyridine rings is 1. The van der Waals surface area contributed by atoms with Gasteiger partial charge in [0.25, 0.3) is 5.91 Å². The van der Waals surface area contributed by atoms with Crippen molar-refractivity contribution in [1.29, 1.82) is 0 Å². The Kier molecular flexibility index (Phi) is 6.61. The molecule has 0 unspecified atom stereocenters. The molecule has 1 aliphatic rings. The van der Waals surface area contributed by atoms with Gasteiger partial charge in [-0.1, -0.05) is 0 Å². The lowest BCUT2D eigenvalue weighted by atomic mass is 10.1. The number of hydrazine groups is 2. The van der Waals surface area contributed by atoms with Crippen LogP contribution in [0.5, 0.6) is 5.75 Å². The summed E-state index contributed by atoms with van der Waals surface area (Å²) >= 11 is 0. The first-order valence-corrected chi connectivity index (χ1v) is 10.7. The van der Waals surface area contributed by atoms with E-state index in [-0.39, 0.29) is 16.8 Å². The summed E-state index contributed by atoms with van der Waals surface area (Å²) in [6.07, 6.45) is 0.0791. The number of amides is 1. The zero-order chi connectivity index (χ0) is 26.2. The molecule has 13 heteroatoms. The van der Waals surface area contributed by atoms with Gasteiger partial charge < -0.3 is 20.6 Å². The van der Waals surface area contributed by atoms with Gasteiger partial charge in [0.2, 0.25) is 0 Å². The molecule has 0 radical (unpaired) electrons. The predicted molar refractivity (Wildman–Crippen MR) is 126 cm³/mol. The average Bonchev–Trinajstić information content (AvgIpc) is 3.44. The zero-order valence-corrected chi connectivity index (χ0v) is 19.9. The molecule has 36 heavy (non-hydrogen) atoms. The fourth-order valence-electron chi connectivity index (χ4n) is 3.77. The van der Waals surface area contributed by atoms with Crippen LogP contribution in [0.15, 0.2) is 36.8 Å². The van der Waals surface area contributed by atoms with Gasteiger partial charge in [-0.2, -0.15) is 18.3 Å². The molecular weight excluding hydrogens is 479 g/mol. The lowest BCUT2D eigenvalue weighted by Crippen LogP contribution is -2.36. The van der Waals surface area contributed by atoms with E-state index >= 15 is 0 Å². The fraction of sp³-hybridized carbons (Fsp3) is 0.261. The van der Waals surface area contributed by atoms with Crippen molar-refractivity contribution >= 4 is 23.0 Å². The fourth-order valence-corrected chi connectivity index (χ4v) is 3.77. The molecule has 2 aromatic heterocycles. The molecule has 3 aromatic rings. The second-order valence-electron chi connectivity index (χ2n) is 8.07. The molecule has 0 fully saturated rings. The van der Waals surface area contributed by atoms with Gasteiger partial charge in [-0.05, 0) is 32.0 Å². The van der Waals surface area contributed by atoms with E-state index in [0.717, 1.165) is 30.1 Å². The smallest absolute Gasteiger partial charge is 0.420 e. The summed E-state index contributed by atoms with van der Waals surface area (Å²) < 4.78 is 47.2. The Balaban J connectivity index is 1.62. The van der Waals surface area contributed by atoms with Gasteiger partial charge in [0.1, 0.15) is 5.75 Å². The number of methoxy groups -OCH3 is 1. The molecular formula is C23H24F3N7O3. The molecule has 3 heterocycles. The van der Waals surface area contributed by atoms with Crippen LogP contribution in [0.4, 0.5) is 24.5 Å². The minimum absolute atomic E-state index is 0.110. The van der Waals surface area contributed by atoms with Crippen molar-refractivity contribution < 1.29 is 27.8 Å². The van der Waals surface area contributed by atoms with Gasteiger partial charge in [0.15, 0.2) is 0 Å². The lowest BCUT2D eigenvalue weighted by Gasteiger charge is -2.19. The standard InChI is InChI=1S/C23H24F3N7O3/c1-12-20(33-10-19(30-31-33)17-9-28-32(3)13(17)2)6-14(8-27-12)22(35)29-16-5-15(11-34)21(36-4)18(7-16)23(24,25)26/h5-10,30-31,34H,11H2,1-4H3,(H,29,35). The number of aromatic nitrogens is 3. The monoisotopic (exact) mass is 503 g/mol. The summed E-state index contributed by atoms with van der Waals surface area (Å²) in [5.74, 6) is -1.17. The third kappa shape index (κ3) is 4.70. The summed E-state index contributed by atoms with van der Waals surface area (Å²) in [6.45, 7) is 2.98. The Morgan fingerprint density at radius 1 is 1.22 bits per heavy atom. The summed E-state index contributed by atoms with van der Waals surface area (Å²) in [6, 6.07) is 3.55. The first kappa shape index (κ1) is 25.0. The number of rotatable bonds is 6. The van der Waals surface area contributed by atoms with Gasteiger partial charge in [0.05, 0.1) is 48.1 Å². The molecule has 4 N–H and O–H groups in total. The molecule has 0 atom stereocenters. The van der Waals surface area contributed by atoms with E-state index in [1.165, 1.54) is 12.3 Å². The van der Waals surface area contributed by atoms with Crippen LogP contribution in [0.3, 0.4) is 0 Å². The highest BCUT2D eigenvalue weighted by molar-refractivity contribution is 6.05. The second kappa shape index (κ2) is 9.51. The molecule has 0 aliphatic carbocycles. The molecule has 190 valence electrons. The Morgan fingerprint density at radius 2 is 1.97 bits per heavy atom. The minimum atomic E-state index is -4.75. The highest BCUT2D eigenvalue weighted by Gasteiger charge is 2.36. The number of aliphatic hydroxyl groups excluding tert-OH is 1. The summed E-state index contributed by atoms with van der Waals surface area (Å²) in [4.78, 5) is 17.2. The van der Waals surface area contributed by atoms with E-state index < -0.39 is 30.0 Å². The number of aryl methyl sites for hydroxylation is 2. The molecule has 1 amide bonds. The largest absolute Gasteiger partial charge is 0.496 e. The van der Waals surface area contributed by atoms with Crippen molar-refractivity contribution in [2.45, 2.75) is 26.6 Å². The normalized spacial score (nSPS) is 13.4. The minimum Gasteiger partial charge on any atom is -0.496 e. The maximum Gasteiger partial charge on any atom is 0.420 e. The predicted octanol–water partition coefficient (Wildman–Crippen LogP) is 3.03. The van der Waals surface area contributed by atoms with Crippen LogP contribution in [0.1, 0.15) is 38.4 Å². The van der Waals surface area contributed by atoms with E-state index in [1.54, 1.807) is 35.1 Å². The maximum absolute atomic E-state index is 13.5. The number of benzene rings is 1. The number of carbonyl (C=O) groups excluding carboxylic acids is 1. The number of alkyl halides is 3. The van der Waals surface area contributed by atoms with Crippen LogP contribution < -0.4 is 26.0 Å². The first-order chi connectivity index (χ1) is 17.0. The SMILES string of the molecule is COc1c(CO)cc(NC(=O)c2cnc(C)c(N3C=C(c4cnn(C)c4C)NN3)c2)cc1C(F)(F)F. The number of anilines is 2. The third-order valence-electron chi connectivity index (χ3n) is 5.78. The van der Waals surface area contributed by atoms with E-state index in [1.807, 2.05) is 14.0 Å². The van der Waals surface area contributed by atoms with Crippen LogP contribution in [0.25, 0.3) is 5.70 Å². The summed E-state index contributed by atoms with van der Waals surface area (Å²) in [5, 5.41) is 17.8. The Hall–Kier alpha value is -4.10. The van der Waals surface area contributed by atoms with Gasteiger partial charge >= 0.3 is 6.18 Å². The van der Waals surface area contributed by atoms with E-state index in [2.05, 4.69) is 26.4 Å². The number of aliphatic hydroxyl groups is 1. The first-order valence-electron chi connectivity index (χ1n) is 10.7. The number of halogens is 3. The quantitative estimate of drug-likeness (QED) is 0.406. The van der Waals surface area contributed by atoms with Crippen LogP contribution >= 0.6 is 0 Å². The van der Waals surface area contributed by atoms with Crippen LogP contribution in [0.2, 0.25) is 0 Å². The average molecular weight is 503 g/mol. The molecule has 0 bridgehead atoms. The van der Waals surface area contributed by atoms with Crippen molar-refractivity contribution in [3.63, 3.8) is 0 Å². The zero-order valence-electron chi connectivity index (χ0n) is 19.9. The van der Waals surface area contributed by atoms with Crippen LogP contribution in [0, 0.1) is 13.8 Å². The number of carbonyl (C=O) groups is 1. The molecule has 0 saturated carbocycles. The van der Waals surface area contributed by atoms with Crippen molar-refractivity contribution in [3.05, 3.63) is 70.4 Å². The van der Waals surface area contributed by atoms with E-state index in [0.29, 0.717) is 11.4 Å².